The van der Waals surface area contributed by atoms with Crippen LogP contribution in [-0.4, -0.2) is 31.6 Å². The Hall–Kier alpha value is -2.24. The van der Waals surface area contributed by atoms with Crippen LogP contribution >= 0.6 is 0 Å². The van der Waals surface area contributed by atoms with Crippen LogP contribution in [0.5, 0.6) is 5.75 Å². The van der Waals surface area contributed by atoms with Gasteiger partial charge in [0, 0.05) is 18.8 Å². The van der Waals surface area contributed by atoms with E-state index in [1.165, 1.54) is 0 Å². The van der Waals surface area contributed by atoms with Gasteiger partial charge in [-0.1, -0.05) is 13.8 Å². The van der Waals surface area contributed by atoms with Crippen molar-refractivity contribution in [2.24, 2.45) is 5.92 Å². The molecule has 6 heteroatoms. The molecule has 0 saturated heterocycles. The summed E-state index contributed by atoms with van der Waals surface area (Å²) >= 11 is 0. The highest BCUT2D eigenvalue weighted by Gasteiger charge is 2.04. The second kappa shape index (κ2) is 9.65. The molecule has 0 bridgehead atoms. The first-order valence-electron chi connectivity index (χ1n) is 7.55. The molecule has 1 aromatic carbocycles. The van der Waals surface area contributed by atoms with Gasteiger partial charge in [-0.05, 0) is 43.5 Å². The molecule has 0 saturated carbocycles. The third-order valence-electron chi connectivity index (χ3n) is 2.86. The molecule has 3 amide bonds. The van der Waals surface area contributed by atoms with Gasteiger partial charge in [0.1, 0.15) is 5.75 Å². The van der Waals surface area contributed by atoms with Crippen LogP contribution in [-0.2, 0) is 4.79 Å². The maximum absolute atomic E-state index is 11.7. The molecule has 0 heterocycles. The minimum Gasteiger partial charge on any atom is -0.484 e. The number of likely N-dealkylation sites (N-methyl/N-ethyl adjacent to an activating group) is 1. The highest BCUT2D eigenvalue weighted by Crippen LogP contribution is 2.15. The fraction of sp³-hybridized carbons (Fsp3) is 0.500. The van der Waals surface area contributed by atoms with Crippen molar-refractivity contribution in [3.63, 3.8) is 0 Å². The van der Waals surface area contributed by atoms with E-state index in [-0.39, 0.29) is 18.5 Å². The fourth-order valence-electron chi connectivity index (χ4n) is 1.68. The normalized spacial score (nSPS) is 10.2. The second-order valence-corrected chi connectivity index (χ2v) is 5.33. The Morgan fingerprint density at radius 1 is 1.14 bits per heavy atom. The smallest absolute Gasteiger partial charge is 0.319 e. The molecule has 1 rings (SSSR count). The van der Waals surface area contributed by atoms with Crippen LogP contribution in [0, 0.1) is 5.92 Å². The molecule has 0 aliphatic carbocycles. The molecule has 3 N–H and O–H groups in total. The molecule has 1 aromatic rings. The lowest BCUT2D eigenvalue weighted by Crippen LogP contribution is -2.30. The van der Waals surface area contributed by atoms with E-state index in [0.29, 0.717) is 30.4 Å². The zero-order valence-electron chi connectivity index (χ0n) is 13.4. The van der Waals surface area contributed by atoms with Gasteiger partial charge in [-0.2, -0.15) is 0 Å². The summed E-state index contributed by atoms with van der Waals surface area (Å²) in [6, 6.07) is 6.66. The molecule has 0 radical (unpaired) electrons. The van der Waals surface area contributed by atoms with E-state index in [1.807, 2.05) is 6.92 Å². The van der Waals surface area contributed by atoms with Gasteiger partial charge in [-0.25, -0.2) is 4.79 Å². The number of hydrogen-bond acceptors (Lipinski definition) is 3. The first-order valence-corrected chi connectivity index (χ1v) is 7.55. The summed E-state index contributed by atoms with van der Waals surface area (Å²) in [5.74, 6) is 0.980. The van der Waals surface area contributed by atoms with Gasteiger partial charge < -0.3 is 20.7 Å². The molecule has 6 nitrogen and oxygen atoms in total. The summed E-state index contributed by atoms with van der Waals surface area (Å²) in [5, 5.41) is 8.19. The summed E-state index contributed by atoms with van der Waals surface area (Å²) in [6.45, 7) is 7.28. The average molecular weight is 307 g/mol. The van der Waals surface area contributed by atoms with Crippen molar-refractivity contribution < 1.29 is 14.3 Å². The van der Waals surface area contributed by atoms with Crippen molar-refractivity contribution in [2.45, 2.75) is 27.2 Å². The van der Waals surface area contributed by atoms with E-state index in [2.05, 4.69) is 29.8 Å². The third-order valence-corrected chi connectivity index (χ3v) is 2.86. The van der Waals surface area contributed by atoms with E-state index in [9.17, 15) is 9.59 Å². The fourth-order valence-corrected chi connectivity index (χ4v) is 1.68. The number of rotatable bonds is 8. The number of hydrogen-bond donors (Lipinski definition) is 3. The molecule has 0 aliphatic heterocycles. The lowest BCUT2D eigenvalue weighted by Gasteiger charge is -2.10. The Bertz CT molecular complexity index is 472. The molecular formula is C16H25N3O3. The minimum absolute atomic E-state index is 0.0176. The topological polar surface area (TPSA) is 79.5 Å². The number of anilines is 1. The average Bonchev–Trinajstić information content (AvgIpc) is 2.46. The number of urea groups is 1. The predicted octanol–water partition coefficient (Wildman–Crippen LogP) is 2.37. The first-order chi connectivity index (χ1) is 10.5. The van der Waals surface area contributed by atoms with E-state index in [1.54, 1.807) is 24.3 Å². The molecule has 22 heavy (non-hydrogen) atoms. The van der Waals surface area contributed by atoms with Gasteiger partial charge >= 0.3 is 6.03 Å². The Morgan fingerprint density at radius 2 is 1.82 bits per heavy atom. The van der Waals surface area contributed by atoms with Crippen LogP contribution in [0.3, 0.4) is 0 Å². The Kier molecular flexibility index (Phi) is 7.81. The standard InChI is InChI=1S/C16H25N3O3/c1-4-17-15(20)11-22-14-7-5-13(6-8-14)19-16(21)18-10-9-12(2)3/h5-8,12H,4,9-11H2,1-3H3,(H,17,20)(H2,18,19,21). The summed E-state index contributed by atoms with van der Waals surface area (Å²) < 4.78 is 5.33. The maximum atomic E-state index is 11.7. The van der Waals surface area contributed by atoms with Crippen molar-refractivity contribution in [1.82, 2.24) is 10.6 Å². The van der Waals surface area contributed by atoms with Crippen LogP contribution in [0.15, 0.2) is 24.3 Å². The van der Waals surface area contributed by atoms with Gasteiger partial charge in [0.05, 0.1) is 0 Å². The van der Waals surface area contributed by atoms with E-state index in [0.717, 1.165) is 6.42 Å². The second-order valence-electron chi connectivity index (χ2n) is 5.33. The van der Waals surface area contributed by atoms with Crippen LogP contribution in [0.1, 0.15) is 27.2 Å². The quantitative estimate of drug-likeness (QED) is 0.690. The number of ether oxygens (including phenoxy) is 1. The molecule has 0 unspecified atom stereocenters. The molecule has 0 aliphatic rings. The largest absolute Gasteiger partial charge is 0.484 e. The molecule has 122 valence electrons. The highest BCUT2D eigenvalue weighted by atomic mass is 16.5. The molecule has 0 aromatic heterocycles. The van der Waals surface area contributed by atoms with Gasteiger partial charge in [0.2, 0.25) is 0 Å². The predicted molar refractivity (Wildman–Crippen MR) is 87.1 cm³/mol. The number of carbonyl (C=O) groups excluding carboxylic acids is 2. The molecule has 0 fully saturated rings. The van der Waals surface area contributed by atoms with Crippen molar-refractivity contribution in [3.8, 4) is 5.75 Å². The zero-order valence-corrected chi connectivity index (χ0v) is 13.4. The Labute approximate surface area is 131 Å². The Morgan fingerprint density at radius 3 is 2.41 bits per heavy atom. The van der Waals surface area contributed by atoms with Gasteiger partial charge in [0.15, 0.2) is 6.61 Å². The summed E-state index contributed by atoms with van der Waals surface area (Å²) in [4.78, 5) is 22.9. The minimum atomic E-state index is -0.225. The van der Waals surface area contributed by atoms with Crippen LogP contribution in [0.25, 0.3) is 0 Å². The van der Waals surface area contributed by atoms with Gasteiger partial charge in [-0.15, -0.1) is 0 Å². The van der Waals surface area contributed by atoms with E-state index >= 15 is 0 Å². The lowest BCUT2D eigenvalue weighted by atomic mass is 10.1. The monoisotopic (exact) mass is 307 g/mol. The highest BCUT2D eigenvalue weighted by molar-refractivity contribution is 5.89. The number of carbonyl (C=O) groups is 2. The van der Waals surface area contributed by atoms with Crippen molar-refractivity contribution >= 4 is 17.6 Å². The van der Waals surface area contributed by atoms with E-state index in [4.69, 9.17) is 4.74 Å². The molecule has 0 atom stereocenters. The lowest BCUT2D eigenvalue weighted by molar-refractivity contribution is -0.122. The first kappa shape index (κ1) is 17.8. The van der Waals surface area contributed by atoms with Crippen molar-refractivity contribution in [1.29, 1.82) is 0 Å². The summed E-state index contributed by atoms with van der Waals surface area (Å²) in [7, 11) is 0. The van der Waals surface area contributed by atoms with Crippen LogP contribution < -0.4 is 20.7 Å². The number of amides is 3. The molecular weight excluding hydrogens is 282 g/mol. The SMILES string of the molecule is CCNC(=O)COc1ccc(NC(=O)NCCC(C)C)cc1. The van der Waals surface area contributed by atoms with E-state index < -0.39 is 0 Å². The summed E-state index contributed by atoms with van der Waals surface area (Å²) in [5.41, 5.74) is 0.674. The number of nitrogens with one attached hydrogen (secondary N) is 3. The maximum Gasteiger partial charge on any atom is 0.319 e. The molecule has 0 spiro atoms. The van der Waals surface area contributed by atoms with Crippen LogP contribution in [0.4, 0.5) is 10.5 Å². The third kappa shape index (κ3) is 7.52. The zero-order chi connectivity index (χ0) is 16.4. The van der Waals surface area contributed by atoms with Gasteiger partial charge in [0.25, 0.3) is 5.91 Å². The summed E-state index contributed by atoms with van der Waals surface area (Å²) in [6.07, 6.45) is 0.944. The van der Waals surface area contributed by atoms with Crippen molar-refractivity contribution in [2.75, 3.05) is 25.0 Å². The van der Waals surface area contributed by atoms with Crippen molar-refractivity contribution in [3.05, 3.63) is 24.3 Å². The van der Waals surface area contributed by atoms with Crippen LogP contribution in [0.2, 0.25) is 0 Å². The Balaban J connectivity index is 2.35. The van der Waals surface area contributed by atoms with Gasteiger partial charge in [-0.3, -0.25) is 4.79 Å². The number of benzene rings is 1.